The van der Waals surface area contributed by atoms with Crippen molar-refractivity contribution in [1.82, 2.24) is 10.1 Å². The van der Waals surface area contributed by atoms with Crippen LogP contribution in [0.4, 0.5) is 0 Å². The second kappa shape index (κ2) is 8.42. The lowest BCUT2D eigenvalue weighted by Crippen LogP contribution is -2.31. The summed E-state index contributed by atoms with van der Waals surface area (Å²) in [6.07, 6.45) is 0. The van der Waals surface area contributed by atoms with Crippen molar-refractivity contribution >= 4 is 45.2 Å². The first-order valence-electron chi connectivity index (χ1n) is 8.98. The van der Waals surface area contributed by atoms with E-state index in [1.165, 1.54) is 0 Å². The van der Waals surface area contributed by atoms with Crippen LogP contribution in [-0.2, 0) is 0 Å². The minimum atomic E-state index is -0.111. The Labute approximate surface area is 186 Å². The van der Waals surface area contributed by atoms with Crippen molar-refractivity contribution in [3.8, 4) is 17.0 Å². The van der Waals surface area contributed by atoms with E-state index in [1.54, 1.807) is 31.9 Å². The highest BCUT2D eigenvalue weighted by Gasteiger charge is 2.35. The van der Waals surface area contributed by atoms with Crippen molar-refractivity contribution in [3.63, 3.8) is 0 Å². The number of hydrogen-bond acceptors (Lipinski definition) is 5. The molecule has 29 heavy (non-hydrogen) atoms. The minimum absolute atomic E-state index is 0.0990. The van der Waals surface area contributed by atoms with E-state index >= 15 is 0 Å². The molecule has 150 valence electrons. The molecule has 0 radical (unpaired) electrons. The summed E-state index contributed by atoms with van der Waals surface area (Å²) in [6.45, 7) is 2.40. The smallest absolute Gasteiger partial charge is 0.260 e. The fourth-order valence-corrected chi connectivity index (χ4v) is 5.42. The number of amides is 1. The van der Waals surface area contributed by atoms with Crippen molar-refractivity contribution in [1.29, 1.82) is 0 Å². The summed E-state index contributed by atoms with van der Waals surface area (Å²) in [6, 6.07) is 13.2. The quantitative estimate of drug-likeness (QED) is 0.449. The lowest BCUT2D eigenvalue weighted by molar-refractivity contribution is 0.0759. The molecule has 1 fully saturated rings. The van der Waals surface area contributed by atoms with Gasteiger partial charge in [-0.15, -0.1) is 11.8 Å². The molecule has 1 atom stereocenters. The normalized spacial score (nSPS) is 16.3. The maximum absolute atomic E-state index is 13.6. The third kappa shape index (κ3) is 3.79. The zero-order valence-electron chi connectivity index (χ0n) is 15.8. The Kier molecular flexibility index (Phi) is 5.90. The molecule has 5 nitrogen and oxygen atoms in total. The molecule has 1 aliphatic heterocycles. The van der Waals surface area contributed by atoms with Crippen LogP contribution in [0.15, 0.2) is 51.5 Å². The molecule has 1 amide bonds. The second-order valence-electron chi connectivity index (χ2n) is 6.56. The first-order chi connectivity index (χ1) is 14.0. The number of carbonyl (C=O) groups is 1. The number of carbonyl (C=O) groups excluding carboxylic acids is 1. The number of hydrogen-bond donors (Lipinski definition) is 0. The molecular formula is C21H18BrClN2O3S. The molecule has 1 unspecified atom stereocenters. The fourth-order valence-electron chi connectivity index (χ4n) is 3.40. The topological polar surface area (TPSA) is 55.6 Å². The Morgan fingerprint density at radius 3 is 2.86 bits per heavy atom. The molecule has 1 saturated heterocycles. The molecule has 8 heteroatoms. The van der Waals surface area contributed by atoms with Crippen LogP contribution in [0, 0.1) is 6.92 Å². The number of halogens is 2. The van der Waals surface area contributed by atoms with E-state index in [1.807, 2.05) is 41.3 Å². The zero-order valence-corrected chi connectivity index (χ0v) is 19.0. The summed E-state index contributed by atoms with van der Waals surface area (Å²) >= 11 is 11.6. The number of aromatic nitrogens is 1. The van der Waals surface area contributed by atoms with Gasteiger partial charge in [-0.05, 0) is 46.6 Å². The van der Waals surface area contributed by atoms with Gasteiger partial charge in [-0.25, -0.2) is 0 Å². The molecule has 0 saturated carbocycles. The van der Waals surface area contributed by atoms with Crippen molar-refractivity contribution < 1.29 is 14.1 Å². The van der Waals surface area contributed by atoms with Gasteiger partial charge in [0.05, 0.1) is 16.6 Å². The number of rotatable bonds is 4. The van der Waals surface area contributed by atoms with Crippen LogP contribution < -0.4 is 4.74 Å². The minimum Gasteiger partial charge on any atom is -0.496 e. The first-order valence-corrected chi connectivity index (χ1v) is 11.2. The number of ether oxygens (including phenoxy) is 1. The maximum atomic E-state index is 13.6. The van der Waals surface area contributed by atoms with E-state index in [0.717, 1.165) is 21.5 Å². The third-order valence-corrected chi connectivity index (χ3v) is 7.03. The van der Waals surface area contributed by atoms with E-state index in [0.29, 0.717) is 34.1 Å². The average Bonchev–Trinajstić information content (AvgIpc) is 3.35. The van der Waals surface area contributed by atoms with Crippen molar-refractivity contribution in [2.45, 2.75) is 12.3 Å². The molecular weight excluding hydrogens is 476 g/mol. The van der Waals surface area contributed by atoms with Gasteiger partial charge in [0.15, 0.2) is 0 Å². The third-order valence-electron chi connectivity index (χ3n) is 4.82. The Hall–Kier alpha value is -1.96. The fraction of sp³-hybridized carbons (Fsp3) is 0.238. The monoisotopic (exact) mass is 492 g/mol. The van der Waals surface area contributed by atoms with E-state index in [2.05, 4.69) is 21.1 Å². The van der Waals surface area contributed by atoms with Gasteiger partial charge in [0.25, 0.3) is 5.91 Å². The van der Waals surface area contributed by atoms with Crippen molar-refractivity contribution in [3.05, 3.63) is 68.8 Å². The van der Waals surface area contributed by atoms with Gasteiger partial charge in [-0.3, -0.25) is 4.79 Å². The summed E-state index contributed by atoms with van der Waals surface area (Å²) in [5, 5.41) is 4.57. The second-order valence-corrected chi connectivity index (χ2v) is 9.01. The molecule has 4 rings (SSSR count). The highest BCUT2D eigenvalue weighted by Crippen LogP contribution is 2.42. The predicted octanol–water partition coefficient (Wildman–Crippen LogP) is 5.96. The Morgan fingerprint density at radius 2 is 2.14 bits per heavy atom. The summed E-state index contributed by atoms with van der Waals surface area (Å²) in [4.78, 5) is 15.4. The van der Waals surface area contributed by atoms with Gasteiger partial charge in [0.1, 0.15) is 28.1 Å². The lowest BCUT2D eigenvalue weighted by atomic mass is 10.0. The van der Waals surface area contributed by atoms with E-state index in [-0.39, 0.29) is 11.3 Å². The summed E-state index contributed by atoms with van der Waals surface area (Å²) < 4.78 is 11.6. The van der Waals surface area contributed by atoms with Gasteiger partial charge in [-0.2, -0.15) is 0 Å². The van der Waals surface area contributed by atoms with Crippen LogP contribution in [0.1, 0.15) is 27.1 Å². The largest absolute Gasteiger partial charge is 0.496 e. The van der Waals surface area contributed by atoms with Gasteiger partial charge in [0, 0.05) is 17.9 Å². The Bertz CT molecular complexity index is 1070. The zero-order chi connectivity index (χ0) is 20.5. The summed E-state index contributed by atoms with van der Waals surface area (Å²) in [5.74, 6) is 1.98. The first kappa shape index (κ1) is 20.3. The number of methoxy groups -OCH3 is 1. The Morgan fingerprint density at radius 1 is 1.34 bits per heavy atom. The van der Waals surface area contributed by atoms with Crippen LogP contribution in [0.5, 0.6) is 5.75 Å². The van der Waals surface area contributed by atoms with E-state index in [9.17, 15) is 4.79 Å². The van der Waals surface area contributed by atoms with Gasteiger partial charge >= 0.3 is 0 Å². The Balaban J connectivity index is 1.71. The van der Waals surface area contributed by atoms with Crippen molar-refractivity contribution in [2.75, 3.05) is 19.4 Å². The molecule has 3 aromatic rings. The van der Waals surface area contributed by atoms with Crippen LogP contribution in [-0.4, -0.2) is 35.4 Å². The number of benzene rings is 2. The molecule has 0 N–H and O–H groups in total. The highest BCUT2D eigenvalue weighted by atomic mass is 79.9. The molecule has 1 aromatic heterocycles. The summed E-state index contributed by atoms with van der Waals surface area (Å²) in [7, 11) is 1.63. The predicted molar refractivity (Wildman–Crippen MR) is 119 cm³/mol. The molecule has 0 spiro atoms. The van der Waals surface area contributed by atoms with Crippen LogP contribution >= 0.6 is 39.3 Å². The van der Waals surface area contributed by atoms with Crippen LogP contribution in [0.2, 0.25) is 5.02 Å². The van der Waals surface area contributed by atoms with E-state index < -0.39 is 0 Å². The molecule has 0 aliphatic carbocycles. The molecule has 0 bridgehead atoms. The average molecular weight is 494 g/mol. The van der Waals surface area contributed by atoms with E-state index in [4.69, 9.17) is 20.9 Å². The van der Waals surface area contributed by atoms with Crippen LogP contribution in [0.3, 0.4) is 0 Å². The number of aryl methyl sites for hydroxylation is 1. The summed E-state index contributed by atoms with van der Waals surface area (Å²) in [5.41, 5.74) is 2.65. The highest BCUT2D eigenvalue weighted by molar-refractivity contribution is 9.10. The van der Waals surface area contributed by atoms with Gasteiger partial charge < -0.3 is 14.2 Å². The SMILES string of the molecule is COc1ccc(C2SCCN2C(=O)c2c(-c3ccccc3Cl)noc2C)cc1Br. The van der Waals surface area contributed by atoms with Crippen molar-refractivity contribution in [2.24, 2.45) is 0 Å². The lowest BCUT2D eigenvalue weighted by Gasteiger charge is -2.24. The number of thioether (sulfide) groups is 1. The van der Waals surface area contributed by atoms with Crippen LogP contribution in [0.25, 0.3) is 11.3 Å². The number of nitrogens with zero attached hydrogens (tertiary/aromatic N) is 2. The molecule has 2 heterocycles. The standard InChI is InChI=1S/C21H18BrClN2O3S/c1-12-18(19(24-28-12)14-5-3-4-6-16(14)23)20(26)25-9-10-29-21(25)13-7-8-17(27-2)15(22)11-13/h3-8,11,21H,9-10H2,1-2H3. The maximum Gasteiger partial charge on any atom is 0.260 e. The molecule has 2 aromatic carbocycles. The van der Waals surface area contributed by atoms with Gasteiger partial charge in [0.2, 0.25) is 0 Å². The molecule has 1 aliphatic rings. The van der Waals surface area contributed by atoms with Gasteiger partial charge in [-0.1, -0.05) is 41.0 Å².